The van der Waals surface area contributed by atoms with E-state index in [1.165, 1.54) is 24.0 Å². The van der Waals surface area contributed by atoms with E-state index < -0.39 is 0 Å². The molecule has 0 aromatic heterocycles. The maximum atomic E-state index is 6.13. The van der Waals surface area contributed by atoms with Crippen LogP contribution in [-0.2, 0) is 9.31 Å². The molecule has 23 heavy (non-hydrogen) atoms. The fraction of sp³-hybridized carbons (Fsp3) is 0.700. The van der Waals surface area contributed by atoms with Crippen molar-refractivity contribution in [3.8, 4) is 0 Å². The SMILES string of the molecule is CC.CCCC(C)c1ccc(B2OC(C)(C)C(C)(C)O2)cc1C. The highest BCUT2D eigenvalue weighted by Gasteiger charge is 2.51. The first-order valence-electron chi connectivity index (χ1n) is 9.14. The molecule has 0 bridgehead atoms. The van der Waals surface area contributed by atoms with Gasteiger partial charge in [-0.3, -0.25) is 0 Å². The summed E-state index contributed by atoms with van der Waals surface area (Å²) in [4.78, 5) is 0. The second kappa shape index (κ2) is 7.85. The molecule has 1 aliphatic heterocycles. The van der Waals surface area contributed by atoms with Gasteiger partial charge in [0.2, 0.25) is 0 Å². The molecule has 0 radical (unpaired) electrons. The first-order valence-corrected chi connectivity index (χ1v) is 9.14. The fourth-order valence-corrected chi connectivity index (χ4v) is 2.97. The molecule has 1 unspecified atom stereocenters. The molecule has 1 heterocycles. The molecule has 3 heteroatoms. The Morgan fingerprint density at radius 2 is 1.57 bits per heavy atom. The van der Waals surface area contributed by atoms with E-state index in [0.717, 1.165) is 5.46 Å². The zero-order chi connectivity index (χ0) is 17.8. The second-order valence-electron chi connectivity index (χ2n) is 7.39. The van der Waals surface area contributed by atoms with Crippen LogP contribution in [-0.4, -0.2) is 18.3 Å². The molecule has 1 saturated heterocycles. The van der Waals surface area contributed by atoms with Crippen LogP contribution in [0.2, 0.25) is 0 Å². The van der Waals surface area contributed by atoms with Crippen molar-refractivity contribution in [3.63, 3.8) is 0 Å². The normalized spacial score (nSPS) is 20.0. The van der Waals surface area contributed by atoms with E-state index in [9.17, 15) is 0 Å². The Kier molecular flexibility index (Phi) is 6.91. The number of benzene rings is 1. The Morgan fingerprint density at radius 1 is 1.04 bits per heavy atom. The lowest BCUT2D eigenvalue weighted by Gasteiger charge is -2.32. The van der Waals surface area contributed by atoms with Gasteiger partial charge in [-0.15, -0.1) is 0 Å². The van der Waals surface area contributed by atoms with Gasteiger partial charge in [0, 0.05) is 0 Å². The van der Waals surface area contributed by atoms with Crippen molar-refractivity contribution < 1.29 is 9.31 Å². The van der Waals surface area contributed by atoms with Crippen LogP contribution in [0.15, 0.2) is 18.2 Å². The van der Waals surface area contributed by atoms with Crippen LogP contribution in [0, 0.1) is 6.92 Å². The highest BCUT2D eigenvalue weighted by Crippen LogP contribution is 2.36. The van der Waals surface area contributed by atoms with E-state index >= 15 is 0 Å². The van der Waals surface area contributed by atoms with Crippen molar-refractivity contribution in [1.82, 2.24) is 0 Å². The summed E-state index contributed by atoms with van der Waals surface area (Å²) in [6.45, 7) is 19.1. The average molecular weight is 318 g/mol. The van der Waals surface area contributed by atoms with E-state index in [1.54, 1.807) is 0 Å². The average Bonchev–Trinajstić information content (AvgIpc) is 2.69. The minimum absolute atomic E-state index is 0.260. The lowest BCUT2D eigenvalue weighted by atomic mass is 9.77. The summed E-state index contributed by atoms with van der Waals surface area (Å²) in [6, 6.07) is 6.64. The topological polar surface area (TPSA) is 18.5 Å². The van der Waals surface area contributed by atoms with Crippen LogP contribution < -0.4 is 5.46 Å². The lowest BCUT2D eigenvalue weighted by molar-refractivity contribution is 0.00578. The summed E-state index contributed by atoms with van der Waals surface area (Å²) in [7, 11) is -0.260. The molecule has 1 fully saturated rings. The minimum Gasteiger partial charge on any atom is -0.399 e. The third kappa shape index (κ3) is 4.39. The maximum absolute atomic E-state index is 6.13. The molecule has 0 aliphatic carbocycles. The number of rotatable bonds is 4. The minimum atomic E-state index is -0.278. The molecule has 0 amide bonds. The standard InChI is InChI=1S/C18H29BO2.C2H6/c1-8-9-13(2)16-11-10-15(12-14(16)3)19-20-17(4,5)18(6,7)21-19;1-2/h10-13H,8-9H2,1-7H3;1-2H3. The van der Waals surface area contributed by atoms with Gasteiger partial charge in [-0.2, -0.15) is 0 Å². The molecule has 1 aliphatic rings. The molecule has 1 aromatic rings. The monoisotopic (exact) mass is 318 g/mol. The maximum Gasteiger partial charge on any atom is 0.494 e. The van der Waals surface area contributed by atoms with Gasteiger partial charge in [-0.05, 0) is 63.5 Å². The summed E-state index contributed by atoms with van der Waals surface area (Å²) >= 11 is 0. The predicted octanol–water partition coefficient (Wildman–Crippen LogP) is 5.22. The van der Waals surface area contributed by atoms with Crippen LogP contribution >= 0.6 is 0 Å². The molecule has 2 nitrogen and oxygen atoms in total. The third-order valence-electron chi connectivity index (χ3n) is 5.07. The molecule has 0 spiro atoms. The first kappa shape index (κ1) is 20.2. The van der Waals surface area contributed by atoms with Crippen LogP contribution in [0.4, 0.5) is 0 Å². The lowest BCUT2D eigenvalue weighted by Crippen LogP contribution is -2.41. The van der Waals surface area contributed by atoms with E-state index in [0.29, 0.717) is 5.92 Å². The number of hydrogen-bond acceptors (Lipinski definition) is 2. The van der Waals surface area contributed by atoms with Gasteiger partial charge in [0.05, 0.1) is 11.2 Å². The van der Waals surface area contributed by atoms with Crippen molar-refractivity contribution in [2.75, 3.05) is 0 Å². The van der Waals surface area contributed by atoms with Crippen molar-refractivity contribution >= 4 is 12.6 Å². The summed E-state index contributed by atoms with van der Waals surface area (Å²) in [5.74, 6) is 0.613. The number of aryl methyl sites for hydroxylation is 1. The van der Waals surface area contributed by atoms with Crippen LogP contribution in [0.5, 0.6) is 0 Å². The molecule has 2 rings (SSSR count). The van der Waals surface area contributed by atoms with Crippen molar-refractivity contribution in [1.29, 1.82) is 0 Å². The molecular formula is C20H35BO2. The summed E-state index contributed by atoms with van der Waals surface area (Å²) in [5.41, 5.74) is 3.35. The Morgan fingerprint density at radius 3 is 2.00 bits per heavy atom. The molecule has 1 atom stereocenters. The summed E-state index contributed by atoms with van der Waals surface area (Å²) < 4.78 is 12.3. The van der Waals surface area contributed by atoms with Gasteiger partial charge < -0.3 is 9.31 Å². The first-order chi connectivity index (χ1) is 10.7. The van der Waals surface area contributed by atoms with Crippen molar-refractivity contribution in [2.45, 2.75) is 92.3 Å². The van der Waals surface area contributed by atoms with Crippen LogP contribution in [0.1, 0.15) is 85.3 Å². The molecule has 0 N–H and O–H groups in total. The molecule has 130 valence electrons. The van der Waals surface area contributed by atoms with Crippen molar-refractivity contribution in [2.24, 2.45) is 0 Å². The zero-order valence-electron chi connectivity index (χ0n) is 16.6. The zero-order valence-corrected chi connectivity index (χ0v) is 16.6. The molecule has 1 aromatic carbocycles. The van der Waals surface area contributed by atoms with Gasteiger partial charge in [0.25, 0.3) is 0 Å². The van der Waals surface area contributed by atoms with Gasteiger partial charge >= 0.3 is 7.12 Å². The highest BCUT2D eigenvalue weighted by atomic mass is 16.7. The fourth-order valence-electron chi connectivity index (χ4n) is 2.97. The van der Waals surface area contributed by atoms with E-state index in [1.807, 2.05) is 13.8 Å². The number of hydrogen-bond donors (Lipinski definition) is 0. The van der Waals surface area contributed by atoms with Crippen molar-refractivity contribution in [3.05, 3.63) is 29.3 Å². The van der Waals surface area contributed by atoms with Gasteiger partial charge in [-0.1, -0.05) is 52.3 Å². The van der Waals surface area contributed by atoms with Crippen LogP contribution in [0.25, 0.3) is 0 Å². The highest BCUT2D eigenvalue weighted by molar-refractivity contribution is 6.62. The molecular weight excluding hydrogens is 283 g/mol. The van der Waals surface area contributed by atoms with Crippen LogP contribution in [0.3, 0.4) is 0 Å². The molecule has 0 saturated carbocycles. The third-order valence-corrected chi connectivity index (χ3v) is 5.07. The quantitative estimate of drug-likeness (QED) is 0.708. The Hall–Kier alpha value is -0.795. The smallest absolute Gasteiger partial charge is 0.399 e. The summed E-state index contributed by atoms with van der Waals surface area (Å²) in [6.07, 6.45) is 2.45. The van der Waals surface area contributed by atoms with Gasteiger partial charge in [0.1, 0.15) is 0 Å². The van der Waals surface area contributed by atoms with Gasteiger partial charge in [-0.25, -0.2) is 0 Å². The Balaban J connectivity index is 0.00000127. The largest absolute Gasteiger partial charge is 0.494 e. The van der Waals surface area contributed by atoms with E-state index in [-0.39, 0.29) is 18.3 Å². The Labute approximate surface area is 144 Å². The summed E-state index contributed by atoms with van der Waals surface area (Å²) in [5, 5.41) is 0. The predicted molar refractivity (Wildman–Crippen MR) is 102 cm³/mol. The van der Waals surface area contributed by atoms with E-state index in [4.69, 9.17) is 9.31 Å². The van der Waals surface area contributed by atoms with Gasteiger partial charge in [0.15, 0.2) is 0 Å². The van der Waals surface area contributed by atoms with E-state index in [2.05, 4.69) is 66.7 Å². The Bertz CT molecular complexity index is 492. The second-order valence-corrected chi connectivity index (χ2v) is 7.39.